The summed E-state index contributed by atoms with van der Waals surface area (Å²) in [5.41, 5.74) is 0.535. The summed E-state index contributed by atoms with van der Waals surface area (Å²) >= 11 is 5.98. The summed E-state index contributed by atoms with van der Waals surface area (Å²) in [5.74, 6) is 0.483. The van der Waals surface area contributed by atoms with Crippen LogP contribution in [0.1, 0.15) is 31.7 Å². The van der Waals surface area contributed by atoms with Gasteiger partial charge >= 0.3 is 0 Å². The van der Waals surface area contributed by atoms with E-state index in [1.54, 1.807) is 6.07 Å². The van der Waals surface area contributed by atoms with Crippen molar-refractivity contribution < 1.29 is 13.5 Å². The van der Waals surface area contributed by atoms with Crippen LogP contribution in [-0.2, 0) is 16.6 Å². The van der Waals surface area contributed by atoms with Crippen molar-refractivity contribution in [1.29, 1.82) is 0 Å². The molecule has 20 heavy (non-hydrogen) atoms. The molecule has 0 unspecified atom stereocenters. The van der Waals surface area contributed by atoms with E-state index in [4.69, 9.17) is 16.7 Å². The van der Waals surface area contributed by atoms with Gasteiger partial charge in [-0.1, -0.05) is 31.0 Å². The second-order valence-electron chi connectivity index (χ2n) is 5.16. The van der Waals surface area contributed by atoms with Gasteiger partial charge in [0.05, 0.1) is 11.5 Å². The molecule has 0 saturated heterocycles. The summed E-state index contributed by atoms with van der Waals surface area (Å²) in [7, 11) is -3.50. The molecule has 1 saturated carbocycles. The van der Waals surface area contributed by atoms with E-state index in [2.05, 4.69) is 0 Å². The smallest absolute Gasteiger partial charge is 0.243 e. The summed E-state index contributed by atoms with van der Waals surface area (Å²) in [4.78, 5) is 0.195. The number of aliphatic hydroxyl groups excluding tert-OH is 1. The van der Waals surface area contributed by atoms with Crippen molar-refractivity contribution in [1.82, 2.24) is 4.31 Å². The van der Waals surface area contributed by atoms with Crippen LogP contribution in [0.2, 0.25) is 5.02 Å². The third kappa shape index (κ3) is 3.17. The topological polar surface area (TPSA) is 57.6 Å². The van der Waals surface area contributed by atoms with Crippen LogP contribution in [0.5, 0.6) is 0 Å². The van der Waals surface area contributed by atoms with Gasteiger partial charge in [-0.15, -0.1) is 0 Å². The van der Waals surface area contributed by atoms with E-state index in [-0.39, 0.29) is 16.5 Å². The molecule has 0 spiro atoms. The lowest BCUT2D eigenvalue weighted by Crippen LogP contribution is -2.37. The molecule has 1 aliphatic rings. The molecule has 4 nitrogen and oxygen atoms in total. The molecule has 1 aromatic carbocycles. The first-order chi connectivity index (χ1) is 9.48. The zero-order valence-electron chi connectivity index (χ0n) is 11.5. The molecule has 1 fully saturated rings. The predicted molar refractivity (Wildman–Crippen MR) is 79.1 cm³/mol. The standard InChI is InChI=1S/C14H20ClNO3S/c1-2-16(9-11-4-3-5-11)20(18,19)13-7-6-12(10-17)14(15)8-13/h6-8,11,17H,2-5,9-10H2,1H3. The summed E-state index contributed by atoms with van der Waals surface area (Å²) in [5, 5.41) is 9.37. The van der Waals surface area contributed by atoms with E-state index >= 15 is 0 Å². The summed E-state index contributed by atoms with van der Waals surface area (Å²) < 4.78 is 26.7. The Kier molecular flexibility index (Phi) is 5.07. The van der Waals surface area contributed by atoms with Crippen LogP contribution in [0.25, 0.3) is 0 Å². The number of sulfonamides is 1. The van der Waals surface area contributed by atoms with Gasteiger partial charge in [0.2, 0.25) is 10.0 Å². The van der Waals surface area contributed by atoms with Crippen LogP contribution in [0, 0.1) is 5.92 Å². The fourth-order valence-corrected chi connectivity index (χ4v) is 4.18. The van der Waals surface area contributed by atoms with Gasteiger partial charge in [-0.2, -0.15) is 4.31 Å². The molecule has 1 aromatic rings. The Balaban J connectivity index is 2.24. The van der Waals surface area contributed by atoms with E-state index in [0.29, 0.717) is 24.6 Å². The quantitative estimate of drug-likeness (QED) is 0.877. The highest BCUT2D eigenvalue weighted by atomic mass is 35.5. The molecule has 1 N–H and O–H groups in total. The van der Waals surface area contributed by atoms with Crippen molar-refractivity contribution in [3.8, 4) is 0 Å². The molecule has 0 bridgehead atoms. The van der Waals surface area contributed by atoms with Gasteiger partial charge in [0.25, 0.3) is 0 Å². The van der Waals surface area contributed by atoms with Crippen molar-refractivity contribution in [2.75, 3.05) is 13.1 Å². The average molecular weight is 318 g/mol. The van der Waals surface area contributed by atoms with E-state index in [0.717, 1.165) is 12.8 Å². The van der Waals surface area contributed by atoms with Gasteiger partial charge in [0, 0.05) is 18.1 Å². The summed E-state index contributed by atoms with van der Waals surface area (Å²) in [6.07, 6.45) is 3.41. The second kappa shape index (κ2) is 6.43. The number of aliphatic hydroxyl groups is 1. The Morgan fingerprint density at radius 3 is 2.55 bits per heavy atom. The molecular formula is C14H20ClNO3S. The monoisotopic (exact) mass is 317 g/mol. The number of hydrogen-bond acceptors (Lipinski definition) is 3. The maximum atomic E-state index is 12.6. The van der Waals surface area contributed by atoms with Gasteiger partial charge in [-0.05, 0) is 36.5 Å². The van der Waals surface area contributed by atoms with Crippen molar-refractivity contribution in [2.24, 2.45) is 5.92 Å². The van der Waals surface area contributed by atoms with Crippen LogP contribution < -0.4 is 0 Å². The van der Waals surface area contributed by atoms with Crippen LogP contribution >= 0.6 is 11.6 Å². The molecular weight excluding hydrogens is 298 g/mol. The molecule has 0 aromatic heterocycles. The Morgan fingerprint density at radius 1 is 1.40 bits per heavy atom. The Bertz CT molecular complexity index is 570. The zero-order valence-corrected chi connectivity index (χ0v) is 13.1. The summed E-state index contributed by atoms with van der Waals surface area (Å²) in [6.45, 7) is 2.69. The number of hydrogen-bond donors (Lipinski definition) is 1. The van der Waals surface area contributed by atoms with Gasteiger partial charge < -0.3 is 5.11 Å². The van der Waals surface area contributed by atoms with Crippen LogP contribution in [-0.4, -0.2) is 30.9 Å². The molecule has 112 valence electrons. The first-order valence-corrected chi connectivity index (χ1v) is 8.70. The number of benzene rings is 1. The largest absolute Gasteiger partial charge is 0.392 e. The van der Waals surface area contributed by atoms with E-state index in [1.165, 1.54) is 22.9 Å². The SMILES string of the molecule is CCN(CC1CCC1)S(=O)(=O)c1ccc(CO)c(Cl)c1. The molecule has 0 aliphatic heterocycles. The van der Waals surface area contributed by atoms with E-state index < -0.39 is 10.0 Å². The van der Waals surface area contributed by atoms with Crippen LogP contribution in [0.15, 0.2) is 23.1 Å². The molecule has 6 heteroatoms. The lowest BCUT2D eigenvalue weighted by molar-refractivity contribution is 0.250. The lowest BCUT2D eigenvalue weighted by atomic mass is 9.85. The number of nitrogens with zero attached hydrogens (tertiary/aromatic N) is 1. The molecule has 2 rings (SSSR count). The van der Waals surface area contributed by atoms with Crippen molar-refractivity contribution in [3.05, 3.63) is 28.8 Å². The third-order valence-electron chi connectivity index (χ3n) is 3.87. The highest BCUT2D eigenvalue weighted by Crippen LogP contribution is 2.30. The summed E-state index contributed by atoms with van der Waals surface area (Å²) in [6, 6.07) is 4.49. The minimum absolute atomic E-state index is 0.195. The fourth-order valence-electron chi connectivity index (χ4n) is 2.33. The average Bonchev–Trinajstić information content (AvgIpc) is 2.37. The van der Waals surface area contributed by atoms with Crippen molar-refractivity contribution >= 4 is 21.6 Å². The number of rotatable bonds is 6. The lowest BCUT2D eigenvalue weighted by Gasteiger charge is -2.31. The Labute approximate surface area is 125 Å². The molecule has 0 radical (unpaired) electrons. The predicted octanol–water partition coefficient (Wildman–Crippen LogP) is 2.64. The first-order valence-electron chi connectivity index (χ1n) is 6.88. The third-order valence-corrected chi connectivity index (χ3v) is 6.16. The van der Waals surface area contributed by atoms with Crippen molar-refractivity contribution in [3.63, 3.8) is 0 Å². The zero-order chi connectivity index (χ0) is 14.8. The number of halogens is 1. The van der Waals surface area contributed by atoms with Crippen molar-refractivity contribution in [2.45, 2.75) is 37.7 Å². The van der Waals surface area contributed by atoms with Gasteiger partial charge in [-0.3, -0.25) is 0 Å². The fraction of sp³-hybridized carbons (Fsp3) is 0.571. The van der Waals surface area contributed by atoms with Gasteiger partial charge in [0.15, 0.2) is 0 Å². The maximum Gasteiger partial charge on any atom is 0.243 e. The molecule has 0 heterocycles. The minimum atomic E-state index is -3.50. The first kappa shape index (κ1) is 15.8. The van der Waals surface area contributed by atoms with E-state index in [9.17, 15) is 8.42 Å². The second-order valence-corrected chi connectivity index (χ2v) is 7.51. The molecule has 0 atom stereocenters. The molecule has 1 aliphatic carbocycles. The van der Waals surface area contributed by atoms with Crippen LogP contribution in [0.3, 0.4) is 0 Å². The highest BCUT2D eigenvalue weighted by molar-refractivity contribution is 7.89. The Hall–Kier alpha value is -0.620. The highest BCUT2D eigenvalue weighted by Gasteiger charge is 2.28. The van der Waals surface area contributed by atoms with E-state index in [1.807, 2.05) is 6.92 Å². The van der Waals surface area contributed by atoms with Gasteiger partial charge in [-0.25, -0.2) is 8.42 Å². The normalized spacial score (nSPS) is 16.4. The molecule has 0 amide bonds. The maximum absolute atomic E-state index is 12.6. The van der Waals surface area contributed by atoms with Gasteiger partial charge in [0.1, 0.15) is 0 Å². The Morgan fingerprint density at radius 2 is 2.10 bits per heavy atom. The van der Waals surface area contributed by atoms with Crippen LogP contribution in [0.4, 0.5) is 0 Å². The minimum Gasteiger partial charge on any atom is -0.392 e.